The molecule has 3 unspecified atom stereocenters. The Balaban J connectivity index is 2.61. The molecular formula is C12H21NO2S. The van der Waals surface area contributed by atoms with E-state index in [1.165, 1.54) is 5.56 Å². The van der Waals surface area contributed by atoms with Crippen LogP contribution < -0.4 is 5.32 Å². The van der Waals surface area contributed by atoms with Gasteiger partial charge in [-0.25, -0.2) is 0 Å². The quantitative estimate of drug-likeness (QED) is 0.863. The number of furan rings is 1. The predicted molar refractivity (Wildman–Crippen MR) is 68.1 cm³/mol. The van der Waals surface area contributed by atoms with Gasteiger partial charge in [-0.15, -0.1) is 0 Å². The fourth-order valence-electron chi connectivity index (χ4n) is 2.00. The van der Waals surface area contributed by atoms with Gasteiger partial charge in [-0.1, -0.05) is 0 Å². The molecule has 1 heterocycles. The second kappa shape index (κ2) is 5.64. The third-order valence-corrected chi connectivity index (χ3v) is 3.53. The van der Waals surface area contributed by atoms with Gasteiger partial charge in [0.05, 0.1) is 0 Å². The second-order valence-corrected chi connectivity index (χ2v) is 5.88. The lowest BCUT2D eigenvalue weighted by atomic mass is 10.1. The highest BCUT2D eigenvalue weighted by molar-refractivity contribution is 7.84. The van der Waals surface area contributed by atoms with E-state index < -0.39 is 10.8 Å². The third kappa shape index (κ3) is 3.76. The minimum atomic E-state index is -0.755. The van der Waals surface area contributed by atoms with Crippen molar-refractivity contribution in [3.05, 3.63) is 23.2 Å². The van der Waals surface area contributed by atoms with Crippen molar-refractivity contribution in [1.29, 1.82) is 0 Å². The van der Waals surface area contributed by atoms with E-state index >= 15 is 0 Å². The van der Waals surface area contributed by atoms with E-state index in [-0.39, 0.29) is 12.1 Å². The first-order valence-corrected chi connectivity index (χ1v) is 7.26. The molecule has 1 rings (SSSR count). The molecule has 1 N–H and O–H groups in total. The molecule has 0 aliphatic heterocycles. The molecule has 92 valence electrons. The number of hydrogen-bond acceptors (Lipinski definition) is 3. The molecule has 0 amide bonds. The van der Waals surface area contributed by atoms with Crippen LogP contribution >= 0.6 is 0 Å². The fraction of sp³-hybridized carbons (Fsp3) is 0.667. The van der Waals surface area contributed by atoms with Crippen LogP contribution in [-0.4, -0.2) is 22.3 Å². The number of nitrogens with one attached hydrogen (secondary N) is 1. The van der Waals surface area contributed by atoms with Crippen LogP contribution in [0, 0.1) is 13.8 Å². The maximum Gasteiger partial charge on any atom is 0.105 e. The molecule has 0 radical (unpaired) electrons. The van der Waals surface area contributed by atoms with Gasteiger partial charge in [0.15, 0.2) is 0 Å². The Kier molecular flexibility index (Phi) is 4.74. The molecule has 3 atom stereocenters. The van der Waals surface area contributed by atoms with Gasteiger partial charge in [0.1, 0.15) is 11.5 Å². The summed E-state index contributed by atoms with van der Waals surface area (Å²) in [6.07, 6.45) is 1.73. The van der Waals surface area contributed by atoms with Crippen molar-refractivity contribution in [3.8, 4) is 0 Å². The van der Waals surface area contributed by atoms with Crippen LogP contribution in [0.2, 0.25) is 0 Å². The van der Waals surface area contributed by atoms with Crippen LogP contribution in [0.4, 0.5) is 0 Å². The Bertz CT molecular complexity index is 373. The molecular weight excluding hydrogens is 222 g/mol. The lowest BCUT2D eigenvalue weighted by Crippen LogP contribution is -2.33. The maximum absolute atomic E-state index is 11.1. The molecule has 0 saturated heterocycles. The van der Waals surface area contributed by atoms with E-state index in [1.54, 1.807) is 6.26 Å². The molecule has 0 bridgehead atoms. The zero-order valence-corrected chi connectivity index (χ0v) is 11.5. The summed E-state index contributed by atoms with van der Waals surface area (Å²) >= 11 is 0. The molecule has 0 fully saturated rings. The monoisotopic (exact) mass is 243 g/mol. The molecule has 0 spiro atoms. The molecule has 16 heavy (non-hydrogen) atoms. The summed E-state index contributed by atoms with van der Waals surface area (Å²) in [5.74, 6) is 2.58. The van der Waals surface area contributed by atoms with Crippen LogP contribution in [0.25, 0.3) is 0 Å². The van der Waals surface area contributed by atoms with Crippen molar-refractivity contribution in [2.45, 2.75) is 39.8 Å². The minimum Gasteiger partial charge on any atom is -0.466 e. The standard InChI is InChI=1S/C12H21NO2S/c1-8(7-16(5)14)13-10(3)12-6-9(2)15-11(12)4/h6,8,10,13H,7H2,1-5H3. The maximum atomic E-state index is 11.1. The average molecular weight is 243 g/mol. The minimum absolute atomic E-state index is 0.232. The highest BCUT2D eigenvalue weighted by Crippen LogP contribution is 2.21. The Morgan fingerprint density at radius 2 is 2.06 bits per heavy atom. The van der Waals surface area contributed by atoms with Crippen molar-refractivity contribution >= 4 is 10.8 Å². The Morgan fingerprint density at radius 1 is 1.44 bits per heavy atom. The third-order valence-electron chi connectivity index (χ3n) is 2.57. The zero-order chi connectivity index (χ0) is 12.3. The first-order valence-electron chi connectivity index (χ1n) is 5.53. The van der Waals surface area contributed by atoms with E-state index in [0.717, 1.165) is 11.5 Å². The normalized spacial score (nSPS) is 17.1. The average Bonchev–Trinajstić information content (AvgIpc) is 2.43. The Morgan fingerprint density at radius 3 is 2.50 bits per heavy atom. The van der Waals surface area contributed by atoms with Crippen molar-refractivity contribution in [2.75, 3.05) is 12.0 Å². The lowest BCUT2D eigenvalue weighted by molar-refractivity contribution is 0.475. The van der Waals surface area contributed by atoms with Gasteiger partial charge in [-0.3, -0.25) is 4.21 Å². The first kappa shape index (κ1) is 13.5. The van der Waals surface area contributed by atoms with Gasteiger partial charge in [0, 0.05) is 40.5 Å². The van der Waals surface area contributed by atoms with E-state index in [0.29, 0.717) is 5.75 Å². The van der Waals surface area contributed by atoms with Gasteiger partial charge in [-0.05, 0) is 33.8 Å². The zero-order valence-electron chi connectivity index (χ0n) is 10.7. The molecule has 0 aliphatic rings. The number of hydrogen-bond donors (Lipinski definition) is 1. The topological polar surface area (TPSA) is 42.2 Å². The van der Waals surface area contributed by atoms with Crippen LogP contribution in [0.3, 0.4) is 0 Å². The highest BCUT2D eigenvalue weighted by atomic mass is 32.2. The molecule has 0 saturated carbocycles. The van der Waals surface area contributed by atoms with Gasteiger partial charge in [0.2, 0.25) is 0 Å². The van der Waals surface area contributed by atoms with E-state index in [4.69, 9.17) is 4.42 Å². The second-order valence-electron chi connectivity index (χ2n) is 4.40. The van der Waals surface area contributed by atoms with E-state index in [9.17, 15) is 4.21 Å². The summed E-state index contributed by atoms with van der Waals surface area (Å²) in [5, 5.41) is 3.43. The van der Waals surface area contributed by atoms with Crippen molar-refractivity contribution in [1.82, 2.24) is 5.32 Å². The van der Waals surface area contributed by atoms with Gasteiger partial charge in [-0.2, -0.15) is 0 Å². The van der Waals surface area contributed by atoms with E-state index in [1.807, 2.05) is 13.8 Å². The van der Waals surface area contributed by atoms with E-state index in [2.05, 4.69) is 25.2 Å². The van der Waals surface area contributed by atoms with Crippen molar-refractivity contribution < 1.29 is 8.63 Å². The Hall–Kier alpha value is -0.610. The number of rotatable bonds is 5. The molecule has 3 nitrogen and oxygen atoms in total. The SMILES string of the molecule is Cc1cc(C(C)NC(C)CS(C)=O)c(C)o1. The smallest absolute Gasteiger partial charge is 0.105 e. The lowest BCUT2D eigenvalue weighted by Gasteiger charge is -2.18. The van der Waals surface area contributed by atoms with Crippen LogP contribution in [0.1, 0.15) is 37.0 Å². The van der Waals surface area contributed by atoms with Gasteiger partial charge in [0.25, 0.3) is 0 Å². The molecule has 0 aliphatic carbocycles. The van der Waals surface area contributed by atoms with Crippen LogP contribution in [0.5, 0.6) is 0 Å². The predicted octanol–water partition coefficient (Wildman–Crippen LogP) is 2.31. The molecule has 0 aromatic carbocycles. The summed E-state index contributed by atoms with van der Waals surface area (Å²) in [5.41, 5.74) is 1.19. The largest absolute Gasteiger partial charge is 0.466 e. The molecule has 4 heteroatoms. The summed E-state index contributed by atoms with van der Waals surface area (Å²) in [6, 6.07) is 2.54. The van der Waals surface area contributed by atoms with Crippen LogP contribution in [0.15, 0.2) is 10.5 Å². The summed E-state index contributed by atoms with van der Waals surface area (Å²) in [6.45, 7) is 8.09. The van der Waals surface area contributed by atoms with Crippen LogP contribution in [-0.2, 0) is 10.8 Å². The van der Waals surface area contributed by atoms with Crippen molar-refractivity contribution in [2.24, 2.45) is 0 Å². The molecule has 1 aromatic rings. The summed E-state index contributed by atoms with van der Waals surface area (Å²) in [4.78, 5) is 0. The summed E-state index contributed by atoms with van der Waals surface area (Å²) in [7, 11) is -0.755. The van der Waals surface area contributed by atoms with Crippen molar-refractivity contribution in [3.63, 3.8) is 0 Å². The molecule has 1 aromatic heterocycles. The Labute approximate surface area is 100 Å². The number of aryl methyl sites for hydroxylation is 2. The van der Waals surface area contributed by atoms with Gasteiger partial charge < -0.3 is 9.73 Å². The fourth-order valence-corrected chi connectivity index (χ4v) is 2.80. The first-order chi connectivity index (χ1) is 7.40. The summed E-state index contributed by atoms with van der Waals surface area (Å²) < 4.78 is 16.6. The van der Waals surface area contributed by atoms with Gasteiger partial charge >= 0.3 is 0 Å². The highest BCUT2D eigenvalue weighted by Gasteiger charge is 2.15.